The van der Waals surface area contributed by atoms with Crippen molar-refractivity contribution < 1.29 is 17.9 Å². The Hall–Kier alpha value is -1.35. The zero-order valence-corrected chi connectivity index (χ0v) is 8.93. The average Bonchev–Trinajstić information content (AvgIpc) is 2.40. The zero-order chi connectivity index (χ0) is 16.8. The molecule has 1 saturated heterocycles. The number of hydrogen-bond donors (Lipinski definition) is 0. The molecule has 0 saturated carbocycles. The Kier molecular flexibility index (Phi) is 1.42. The standard InChI is InChI=1S/C13H17NO2/c1-10-12(15)14(13(10,2)3)16-9-11-7-5-4-6-8-11/h4-8,10H,9H2,1-3H3/t10-/m1/s1/i2D3,3D3. The summed E-state index contributed by atoms with van der Waals surface area (Å²) in [6.07, 6.45) is 0. The summed E-state index contributed by atoms with van der Waals surface area (Å²) in [5.41, 5.74) is -1.61. The Morgan fingerprint density at radius 1 is 1.44 bits per heavy atom. The van der Waals surface area contributed by atoms with E-state index in [-0.39, 0.29) is 6.61 Å². The molecule has 0 aliphatic carbocycles. The van der Waals surface area contributed by atoms with E-state index in [2.05, 4.69) is 0 Å². The number of carbonyl (C=O) groups is 1. The highest BCUT2D eigenvalue weighted by atomic mass is 16.7. The lowest BCUT2D eigenvalue weighted by molar-refractivity contribution is -0.270. The number of amides is 1. The fourth-order valence-electron chi connectivity index (χ4n) is 1.52. The Morgan fingerprint density at radius 2 is 2.12 bits per heavy atom. The van der Waals surface area contributed by atoms with E-state index in [4.69, 9.17) is 13.1 Å². The van der Waals surface area contributed by atoms with Crippen LogP contribution in [0.4, 0.5) is 0 Å². The SMILES string of the molecule is [2H]C([2H])([2H])C1(C([2H])([2H])[2H])[C@H](C)C(=O)N1OCc1ccccc1. The van der Waals surface area contributed by atoms with Gasteiger partial charge in [-0.15, -0.1) is 0 Å². The Labute approximate surface area is 104 Å². The van der Waals surface area contributed by atoms with Crippen molar-refractivity contribution in [2.24, 2.45) is 5.92 Å². The highest BCUT2D eigenvalue weighted by Crippen LogP contribution is 2.37. The quantitative estimate of drug-likeness (QED) is 0.739. The third-order valence-electron chi connectivity index (χ3n) is 2.72. The van der Waals surface area contributed by atoms with Gasteiger partial charge in [0.1, 0.15) is 6.61 Å². The molecule has 1 atom stereocenters. The lowest BCUT2D eigenvalue weighted by atomic mass is 9.80. The maximum atomic E-state index is 12.0. The number of rotatable bonds is 3. The molecule has 1 heterocycles. The lowest BCUT2D eigenvalue weighted by Crippen LogP contribution is -2.66. The number of hydroxylamine groups is 2. The van der Waals surface area contributed by atoms with Crippen LogP contribution in [0.5, 0.6) is 0 Å². The van der Waals surface area contributed by atoms with Crippen LogP contribution in [0.15, 0.2) is 30.3 Å². The molecular weight excluding hydrogens is 202 g/mol. The molecular formula is C13H17NO2. The first-order valence-electron chi connectivity index (χ1n) is 8.04. The minimum absolute atomic E-state index is 0.0762. The Morgan fingerprint density at radius 3 is 2.75 bits per heavy atom. The first kappa shape index (κ1) is 5.82. The second kappa shape index (κ2) is 3.91. The van der Waals surface area contributed by atoms with Crippen molar-refractivity contribution in [2.45, 2.75) is 32.8 Å². The Bertz CT molecular complexity index is 540. The number of carbonyl (C=O) groups excluding carboxylic acids is 1. The smallest absolute Gasteiger partial charge is 0.251 e. The van der Waals surface area contributed by atoms with Crippen molar-refractivity contribution in [1.82, 2.24) is 5.06 Å². The number of nitrogens with zero attached hydrogens (tertiary/aromatic N) is 1. The summed E-state index contributed by atoms with van der Waals surface area (Å²) in [7, 11) is 0. The minimum Gasteiger partial charge on any atom is -0.272 e. The van der Waals surface area contributed by atoms with Gasteiger partial charge in [0.05, 0.1) is 11.5 Å². The van der Waals surface area contributed by atoms with Gasteiger partial charge in [0.25, 0.3) is 5.91 Å². The van der Waals surface area contributed by atoms with Crippen LogP contribution in [0.1, 0.15) is 34.4 Å². The molecule has 1 aromatic rings. The lowest BCUT2D eigenvalue weighted by Gasteiger charge is -2.50. The molecule has 0 aromatic heterocycles. The molecule has 1 fully saturated rings. The Balaban J connectivity index is 2.30. The molecule has 1 amide bonds. The van der Waals surface area contributed by atoms with Crippen molar-refractivity contribution in [3.63, 3.8) is 0 Å². The molecule has 86 valence electrons. The van der Waals surface area contributed by atoms with Gasteiger partial charge < -0.3 is 0 Å². The highest BCUT2D eigenvalue weighted by Gasteiger charge is 2.52. The van der Waals surface area contributed by atoms with Crippen LogP contribution >= 0.6 is 0 Å². The second-order valence-electron chi connectivity index (χ2n) is 3.88. The fraction of sp³-hybridized carbons (Fsp3) is 0.462. The van der Waals surface area contributed by atoms with Gasteiger partial charge >= 0.3 is 0 Å². The van der Waals surface area contributed by atoms with Crippen molar-refractivity contribution in [1.29, 1.82) is 0 Å². The zero-order valence-electron chi connectivity index (χ0n) is 14.9. The monoisotopic (exact) mass is 225 g/mol. The van der Waals surface area contributed by atoms with Crippen LogP contribution in [0, 0.1) is 5.92 Å². The van der Waals surface area contributed by atoms with Crippen LogP contribution in [0.2, 0.25) is 0 Å². The molecule has 16 heavy (non-hydrogen) atoms. The van der Waals surface area contributed by atoms with Gasteiger partial charge in [-0.05, 0) is 19.3 Å². The van der Waals surface area contributed by atoms with Gasteiger partial charge in [-0.2, -0.15) is 0 Å². The van der Waals surface area contributed by atoms with E-state index in [1.54, 1.807) is 30.3 Å². The van der Waals surface area contributed by atoms with Gasteiger partial charge in [0.15, 0.2) is 0 Å². The molecule has 1 aromatic carbocycles. The van der Waals surface area contributed by atoms with Gasteiger partial charge in [-0.25, -0.2) is 5.06 Å². The van der Waals surface area contributed by atoms with Gasteiger partial charge in [-0.3, -0.25) is 9.63 Å². The van der Waals surface area contributed by atoms with Crippen molar-refractivity contribution in [3.8, 4) is 0 Å². The summed E-state index contributed by atoms with van der Waals surface area (Å²) in [5.74, 6) is -1.80. The van der Waals surface area contributed by atoms with E-state index in [1.807, 2.05) is 0 Å². The number of benzene rings is 1. The third kappa shape index (κ3) is 1.71. The average molecular weight is 225 g/mol. The topological polar surface area (TPSA) is 29.5 Å². The maximum absolute atomic E-state index is 12.0. The van der Waals surface area contributed by atoms with Crippen LogP contribution in [-0.4, -0.2) is 16.5 Å². The van der Waals surface area contributed by atoms with Crippen molar-refractivity contribution in [2.75, 3.05) is 0 Å². The van der Waals surface area contributed by atoms with Crippen LogP contribution < -0.4 is 0 Å². The predicted octanol–water partition coefficient (Wildman–Crippen LogP) is 2.38. The largest absolute Gasteiger partial charge is 0.272 e. The molecule has 3 nitrogen and oxygen atoms in total. The fourth-order valence-corrected chi connectivity index (χ4v) is 1.52. The first-order valence-corrected chi connectivity index (χ1v) is 5.04. The van der Waals surface area contributed by atoms with Crippen molar-refractivity contribution >= 4 is 5.91 Å². The van der Waals surface area contributed by atoms with Crippen LogP contribution in [0.25, 0.3) is 0 Å². The summed E-state index contributed by atoms with van der Waals surface area (Å²) in [6.45, 7) is -4.54. The molecule has 0 N–H and O–H groups in total. The normalized spacial score (nSPS) is 30.2. The van der Waals surface area contributed by atoms with E-state index < -0.39 is 31.1 Å². The highest BCUT2D eigenvalue weighted by molar-refractivity contribution is 5.86. The first-order chi connectivity index (χ1) is 10.0. The molecule has 2 rings (SSSR count). The van der Waals surface area contributed by atoms with Crippen LogP contribution in [0.3, 0.4) is 0 Å². The molecule has 1 aliphatic heterocycles. The molecule has 1 aliphatic rings. The van der Waals surface area contributed by atoms with E-state index in [1.165, 1.54) is 6.92 Å². The van der Waals surface area contributed by atoms with Gasteiger partial charge in [0, 0.05) is 8.22 Å². The summed E-state index contributed by atoms with van der Waals surface area (Å²) >= 11 is 0. The summed E-state index contributed by atoms with van der Waals surface area (Å²) < 4.78 is 45.8. The minimum atomic E-state index is -2.89. The van der Waals surface area contributed by atoms with Gasteiger partial charge in [0.2, 0.25) is 0 Å². The predicted molar refractivity (Wildman–Crippen MR) is 61.3 cm³/mol. The summed E-state index contributed by atoms with van der Waals surface area (Å²) in [6, 6.07) is 8.80. The molecule has 0 unspecified atom stereocenters. The molecule has 0 radical (unpaired) electrons. The number of β-lactam (4-membered cyclic amide) rings is 1. The number of hydrogen-bond acceptors (Lipinski definition) is 2. The molecule has 0 bridgehead atoms. The maximum Gasteiger partial charge on any atom is 0.251 e. The van der Waals surface area contributed by atoms with E-state index in [0.717, 1.165) is 0 Å². The van der Waals surface area contributed by atoms with E-state index >= 15 is 0 Å². The summed E-state index contributed by atoms with van der Waals surface area (Å²) in [4.78, 5) is 17.3. The second-order valence-corrected chi connectivity index (χ2v) is 3.88. The van der Waals surface area contributed by atoms with Crippen molar-refractivity contribution in [3.05, 3.63) is 35.9 Å². The molecule has 3 heteroatoms. The third-order valence-corrected chi connectivity index (χ3v) is 2.72. The van der Waals surface area contributed by atoms with Gasteiger partial charge in [-0.1, -0.05) is 37.3 Å². The van der Waals surface area contributed by atoms with E-state index in [0.29, 0.717) is 10.6 Å². The summed E-state index contributed by atoms with van der Waals surface area (Å²) in [5, 5.41) is 0.532. The van der Waals surface area contributed by atoms with Crippen LogP contribution in [-0.2, 0) is 16.2 Å². The molecule has 0 spiro atoms. The van der Waals surface area contributed by atoms with E-state index in [9.17, 15) is 4.79 Å².